The van der Waals surface area contributed by atoms with Gasteiger partial charge in [-0.15, -0.1) is 0 Å². The maximum atomic E-state index is 11.8. The van der Waals surface area contributed by atoms with Gasteiger partial charge in [-0.3, -0.25) is 19.3 Å². The van der Waals surface area contributed by atoms with Gasteiger partial charge in [-0.25, -0.2) is 0 Å². The van der Waals surface area contributed by atoms with Crippen LogP contribution in [0.3, 0.4) is 0 Å². The molecule has 0 bridgehead atoms. The predicted octanol–water partition coefficient (Wildman–Crippen LogP) is 1.53. The molecule has 128 valence electrons. The lowest BCUT2D eigenvalue weighted by Crippen LogP contribution is -2.37. The number of nitrogens with one attached hydrogen (secondary N) is 1. The van der Waals surface area contributed by atoms with E-state index in [4.69, 9.17) is 9.47 Å². The number of hydrogen-bond acceptors (Lipinski definition) is 6. The summed E-state index contributed by atoms with van der Waals surface area (Å²) in [4.78, 5) is 35.7. The Hall–Kier alpha value is -2.48. The van der Waals surface area contributed by atoms with E-state index < -0.39 is 0 Å². The third kappa shape index (κ3) is 4.51. The second-order valence-corrected chi connectivity index (χ2v) is 5.77. The van der Waals surface area contributed by atoms with Crippen molar-refractivity contribution < 1.29 is 23.9 Å². The van der Waals surface area contributed by atoms with E-state index in [-0.39, 0.29) is 35.9 Å². The number of hydrogen-bond donors (Lipinski definition) is 1. The summed E-state index contributed by atoms with van der Waals surface area (Å²) in [6.45, 7) is 0.397. The van der Waals surface area contributed by atoms with Crippen molar-refractivity contribution in [1.82, 2.24) is 10.2 Å². The van der Waals surface area contributed by atoms with Crippen LogP contribution in [0.1, 0.15) is 5.56 Å². The highest BCUT2D eigenvalue weighted by molar-refractivity contribution is 8.14. The highest BCUT2D eigenvalue weighted by Crippen LogP contribution is 2.27. The van der Waals surface area contributed by atoms with Crippen LogP contribution >= 0.6 is 11.8 Å². The van der Waals surface area contributed by atoms with Crippen LogP contribution in [0.2, 0.25) is 0 Å². The summed E-state index contributed by atoms with van der Waals surface area (Å²) >= 11 is 0.975. The summed E-state index contributed by atoms with van der Waals surface area (Å²) in [6, 6.07) is 5.30. The molecule has 1 fully saturated rings. The third-order valence-corrected chi connectivity index (χ3v) is 4.17. The number of carbonyl (C=O) groups excluding carboxylic acids is 3. The molecule has 1 aliphatic rings. The van der Waals surface area contributed by atoms with Crippen molar-refractivity contribution in [2.45, 2.75) is 0 Å². The van der Waals surface area contributed by atoms with Gasteiger partial charge in [0.25, 0.3) is 5.24 Å². The molecule has 8 heteroatoms. The minimum absolute atomic E-state index is 0.173. The molecule has 1 heterocycles. The molecule has 1 aliphatic heterocycles. The lowest BCUT2D eigenvalue weighted by atomic mass is 10.2. The largest absolute Gasteiger partial charge is 0.493 e. The van der Waals surface area contributed by atoms with Crippen LogP contribution in [0, 0.1) is 0 Å². The Labute approximate surface area is 144 Å². The van der Waals surface area contributed by atoms with Gasteiger partial charge in [0, 0.05) is 19.2 Å². The molecule has 1 aromatic rings. The summed E-state index contributed by atoms with van der Waals surface area (Å²) < 4.78 is 10.3. The Morgan fingerprint density at radius 1 is 1.29 bits per heavy atom. The highest BCUT2D eigenvalue weighted by Gasteiger charge is 2.29. The maximum Gasteiger partial charge on any atom is 0.288 e. The van der Waals surface area contributed by atoms with E-state index in [2.05, 4.69) is 5.32 Å². The van der Waals surface area contributed by atoms with Gasteiger partial charge < -0.3 is 14.8 Å². The zero-order valence-electron chi connectivity index (χ0n) is 13.4. The number of benzene rings is 1. The van der Waals surface area contributed by atoms with E-state index in [1.807, 2.05) is 0 Å². The minimum Gasteiger partial charge on any atom is -0.493 e. The smallest absolute Gasteiger partial charge is 0.288 e. The molecule has 0 aromatic heterocycles. The van der Waals surface area contributed by atoms with E-state index in [1.54, 1.807) is 31.4 Å². The van der Waals surface area contributed by atoms with Gasteiger partial charge in [-0.1, -0.05) is 17.8 Å². The average molecular weight is 350 g/mol. The first-order valence-electron chi connectivity index (χ1n) is 7.20. The molecular weight excluding hydrogens is 332 g/mol. The molecule has 7 nitrogen and oxygen atoms in total. The van der Waals surface area contributed by atoms with Gasteiger partial charge in [0.1, 0.15) is 0 Å². The van der Waals surface area contributed by atoms with Crippen molar-refractivity contribution in [3.05, 3.63) is 29.8 Å². The zero-order chi connectivity index (χ0) is 17.5. The van der Waals surface area contributed by atoms with Crippen molar-refractivity contribution in [3.63, 3.8) is 0 Å². The van der Waals surface area contributed by atoms with Crippen molar-refractivity contribution in [1.29, 1.82) is 0 Å². The number of nitrogens with zero attached hydrogens (tertiary/aromatic N) is 1. The fourth-order valence-corrected chi connectivity index (χ4v) is 2.83. The van der Waals surface area contributed by atoms with Crippen LogP contribution in [-0.4, -0.2) is 55.0 Å². The van der Waals surface area contributed by atoms with E-state index in [0.29, 0.717) is 11.5 Å². The summed E-state index contributed by atoms with van der Waals surface area (Å²) in [5.41, 5.74) is 0.782. The summed E-state index contributed by atoms with van der Waals surface area (Å²) in [5, 5.41) is 2.37. The minimum atomic E-state index is -0.309. The molecule has 0 saturated carbocycles. The fourth-order valence-electron chi connectivity index (χ4n) is 2.08. The van der Waals surface area contributed by atoms with Crippen molar-refractivity contribution >= 4 is 34.9 Å². The van der Waals surface area contributed by atoms with Crippen LogP contribution in [0.5, 0.6) is 11.5 Å². The van der Waals surface area contributed by atoms with Crippen LogP contribution in [-0.2, 0) is 9.59 Å². The first-order chi connectivity index (χ1) is 11.5. The number of rotatable bonds is 7. The van der Waals surface area contributed by atoms with Gasteiger partial charge in [0.15, 0.2) is 11.5 Å². The summed E-state index contributed by atoms with van der Waals surface area (Å²) in [5.74, 6) is 0.823. The molecule has 1 aromatic carbocycles. The quantitative estimate of drug-likeness (QED) is 0.751. The molecule has 0 unspecified atom stereocenters. The van der Waals surface area contributed by atoms with Gasteiger partial charge in [0.05, 0.1) is 20.0 Å². The second-order valence-electron chi connectivity index (χ2n) is 4.84. The van der Waals surface area contributed by atoms with Crippen molar-refractivity contribution in [2.75, 3.05) is 33.1 Å². The van der Waals surface area contributed by atoms with E-state index in [0.717, 1.165) is 22.2 Å². The average Bonchev–Trinajstić information content (AvgIpc) is 2.91. The second kappa shape index (κ2) is 8.39. The van der Waals surface area contributed by atoms with E-state index >= 15 is 0 Å². The number of carbonyl (C=O) groups is 3. The summed E-state index contributed by atoms with van der Waals surface area (Å²) in [6.07, 6.45) is 3.02. The maximum absolute atomic E-state index is 11.8. The van der Waals surface area contributed by atoms with Gasteiger partial charge >= 0.3 is 0 Å². The van der Waals surface area contributed by atoms with Crippen molar-refractivity contribution in [2.24, 2.45) is 0 Å². The molecule has 0 aliphatic carbocycles. The van der Waals surface area contributed by atoms with Gasteiger partial charge in [-0.05, 0) is 23.8 Å². The van der Waals surface area contributed by atoms with Crippen LogP contribution in [0.4, 0.5) is 4.79 Å². The van der Waals surface area contributed by atoms with Crippen LogP contribution < -0.4 is 14.8 Å². The number of amides is 3. The predicted molar refractivity (Wildman–Crippen MR) is 91.2 cm³/mol. The third-order valence-electron chi connectivity index (χ3n) is 3.31. The molecule has 24 heavy (non-hydrogen) atoms. The van der Waals surface area contributed by atoms with E-state index in [1.165, 1.54) is 13.2 Å². The van der Waals surface area contributed by atoms with E-state index in [9.17, 15) is 14.4 Å². The summed E-state index contributed by atoms with van der Waals surface area (Å²) in [7, 11) is 3.09. The molecular formula is C16H18N2O5S. The normalized spacial score (nSPS) is 14.3. The first kappa shape index (κ1) is 17.9. The molecule has 1 saturated heterocycles. The monoisotopic (exact) mass is 350 g/mol. The molecule has 3 amide bonds. The first-order valence-corrected chi connectivity index (χ1v) is 8.18. The number of methoxy groups -OCH3 is 2. The standard InChI is InChI=1S/C16H18N2O5S/c1-22-12-5-3-11(9-13(12)23-2)4-6-14(19)17-7-8-18-15(20)10-24-16(18)21/h3-6,9H,7-8,10H2,1-2H3,(H,17,19)/b6-4+. The number of ether oxygens (including phenoxy) is 2. The molecule has 0 atom stereocenters. The molecule has 0 radical (unpaired) electrons. The van der Waals surface area contributed by atoms with Crippen LogP contribution in [0.15, 0.2) is 24.3 Å². The fraction of sp³-hybridized carbons (Fsp3) is 0.312. The topological polar surface area (TPSA) is 84.9 Å². The molecule has 0 spiro atoms. The highest BCUT2D eigenvalue weighted by atomic mass is 32.2. The lowest BCUT2D eigenvalue weighted by molar-refractivity contribution is -0.125. The zero-order valence-corrected chi connectivity index (χ0v) is 14.2. The SMILES string of the molecule is COc1ccc(/C=C/C(=O)NCCN2C(=O)CSC2=O)cc1OC. The van der Waals surface area contributed by atoms with Gasteiger partial charge in [0.2, 0.25) is 11.8 Å². The van der Waals surface area contributed by atoms with Crippen LogP contribution in [0.25, 0.3) is 6.08 Å². The Bertz CT molecular complexity index is 658. The Morgan fingerprint density at radius 2 is 2.04 bits per heavy atom. The Morgan fingerprint density at radius 3 is 2.67 bits per heavy atom. The lowest BCUT2D eigenvalue weighted by Gasteiger charge is -2.12. The molecule has 2 rings (SSSR count). The van der Waals surface area contributed by atoms with Gasteiger partial charge in [-0.2, -0.15) is 0 Å². The Kier molecular flexibility index (Phi) is 6.25. The molecule has 1 N–H and O–H groups in total. The number of imide groups is 1. The number of thioether (sulfide) groups is 1. The Balaban J connectivity index is 1.84. The van der Waals surface area contributed by atoms with Crippen molar-refractivity contribution in [3.8, 4) is 11.5 Å².